The molecule has 1 saturated carbocycles. The van der Waals surface area contributed by atoms with Crippen LogP contribution < -0.4 is 5.32 Å². The zero-order valence-corrected chi connectivity index (χ0v) is 9.17. The highest BCUT2D eigenvalue weighted by atomic mass is 19.1. The van der Waals surface area contributed by atoms with Crippen LogP contribution in [0.15, 0.2) is 24.3 Å². The lowest BCUT2D eigenvalue weighted by Gasteiger charge is -2.60. The van der Waals surface area contributed by atoms with Crippen LogP contribution in [0.4, 0.5) is 4.39 Å². The molecule has 0 amide bonds. The van der Waals surface area contributed by atoms with Gasteiger partial charge in [0.05, 0.1) is 0 Å². The van der Waals surface area contributed by atoms with Crippen molar-refractivity contribution in [1.29, 1.82) is 0 Å². The second kappa shape index (κ2) is 3.28. The van der Waals surface area contributed by atoms with Crippen molar-refractivity contribution in [3.63, 3.8) is 0 Å². The molecular weight excluding hydrogens is 205 g/mol. The lowest BCUT2D eigenvalue weighted by molar-refractivity contribution is -0.0582. The molecule has 2 saturated heterocycles. The fraction of sp³-hybridized carbons (Fsp3) is 0.538. The van der Waals surface area contributed by atoms with E-state index in [2.05, 4.69) is 5.32 Å². The second-order valence-corrected chi connectivity index (χ2v) is 5.40. The number of benzene rings is 1. The largest absolute Gasteiger partial charge is 0.396 e. The van der Waals surface area contributed by atoms with Gasteiger partial charge in [0.2, 0.25) is 0 Å². The molecule has 2 heterocycles. The summed E-state index contributed by atoms with van der Waals surface area (Å²) in [5.41, 5.74) is 1.41. The van der Waals surface area contributed by atoms with Crippen LogP contribution in [-0.2, 0) is 5.41 Å². The number of nitrogens with one attached hydrogen (secondary N) is 1. The first-order valence-electron chi connectivity index (χ1n) is 5.76. The molecule has 3 aliphatic rings. The standard InChI is InChI=1S/C13H16FNO/c14-11-3-1-10(2-4-11)13-5-12(6-13,9-16)7-15-8-13/h1-4,15-16H,5-9H2. The fourth-order valence-corrected chi connectivity index (χ4v) is 3.48. The van der Waals surface area contributed by atoms with Crippen LogP contribution >= 0.6 is 0 Å². The van der Waals surface area contributed by atoms with Crippen LogP contribution in [0.25, 0.3) is 0 Å². The van der Waals surface area contributed by atoms with E-state index in [4.69, 9.17) is 0 Å². The van der Waals surface area contributed by atoms with Gasteiger partial charge in [-0.25, -0.2) is 4.39 Å². The van der Waals surface area contributed by atoms with Gasteiger partial charge < -0.3 is 10.4 Å². The van der Waals surface area contributed by atoms with E-state index in [0.717, 1.165) is 25.9 Å². The number of aliphatic hydroxyl groups is 1. The molecule has 2 N–H and O–H groups in total. The molecular formula is C13H16FNO. The van der Waals surface area contributed by atoms with E-state index in [1.165, 1.54) is 17.7 Å². The molecule has 0 unspecified atom stereocenters. The van der Waals surface area contributed by atoms with E-state index in [1.807, 2.05) is 12.1 Å². The Hall–Kier alpha value is -0.930. The predicted octanol–water partition coefficient (Wildman–Crippen LogP) is 1.44. The maximum Gasteiger partial charge on any atom is 0.123 e. The Balaban J connectivity index is 1.88. The van der Waals surface area contributed by atoms with Gasteiger partial charge >= 0.3 is 0 Å². The highest BCUT2D eigenvalue weighted by Crippen LogP contribution is 2.57. The molecule has 0 spiro atoms. The van der Waals surface area contributed by atoms with Crippen molar-refractivity contribution in [3.8, 4) is 0 Å². The number of hydrogen-bond acceptors (Lipinski definition) is 2. The molecule has 0 radical (unpaired) electrons. The summed E-state index contributed by atoms with van der Waals surface area (Å²) < 4.78 is 12.9. The number of aliphatic hydroxyl groups excluding tert-OH is 1. The van der Waals surface area contributed by atoms with E-state index in [0.29, 0.717) is 0 Å². The first kappa shape index (κ1) is 10.2. The maximum atomic E-state index is 12.9. The highest BCUT2D eigenvalue weighted by molar-refractivity contribution is 5.33. The predicted molar refractivity (Wildman–Crippen MR) is 59.7 cm³/mol. The summed E-state index contributed by atoms with van der Waals surface area (Å²) in [5.74, 6) is -0.184. The average molecular weight is 221 g/mol. The first-order chi connectivity index (χ1) is 7.68. The van der Waals surface area contributed by atoms with E-state index < -0.39 is 0 Å². The Bertz CT molecular complexity index is 395. The molecule has 2 aliphatic heterocycles. The van der Waals surface area contributed by atoms with Gasteiger partial charge in [-0.2, -0.15) is 0 Å². The normalized spacial score (nSPS) is 36.9. The van der Waals surface area contributed by atoms with E-state index in [9.17, 15) is 9.50 Å². The first-order valence-corrected chi connectivity index (χ1v) is 5.76. The van der Waals surface area contributed by atoms with Crippen molar-refractivity contribution < 1.29 is 9.50 Å². The molecule has 86 valence electrons. The summed E-state index contributed by atoms with van der Waals surface area (Å²) in [6, 6.07) is 6.81. The van der Waals surface area contributed by atoms with Crippen LogP contribution in [0, 0.1) is 11.2 Å². The maximum absolute atomic E-state index is 12.9. The Labute approximate surface area is 94.5 Å². The second-order valence-electron chi connectivity index (χ2n) is 5.40. The van der Waals surface area contributed by atoms with Crippen molar-refractivity contribution in [2.45, 2.75) is 18.3 Å². The Morgan fingerprint density at radius 1 is 1.19 bits per heavy atom. The van der Waals surface area contributed by atoms with E-state index in [1.54, 1.807) is 0 Å². The molecule has 0 atom stereocenters. The molecule has 3 heteroatoms. The van der Waals surface area contributed by atoms with Crippen molar-refractivity contribution in [1.82, 2.24) is 5.32 Å². The lowest BCUT2D eigenvalue weighted by atomic mass is 9.48. The van der Waals surface area contributed by atoms with Gasteiger partial charge in [-0.15, -0.1) is 0 Å². The van der Waals surface area contributed by atoms with Crippen molar-refractivity contribution in [2.75, 3.05) is 19.7 Å². The molecule has 16 heavy (non-hydrogen) atoms. The third kappa shape index (κ3) is 1.31. The molecule has 2 nitrogen and oxygen atoms in total. The molecule has 1 aliphatic carbocycles. The minimum Gasteiger partial charge on any atom is -0.396 e. The van der Waals surface area contributed by atoms with Crippen LogP contribution in [0.1, 0.15) is 18.4 Å². The molecule has 0 aromatic heterocycles. The van der Waals surface area contributed by atoms with Gasteiger partial charge in [-0.3, -0.25) is 0 Å². The number of fused-ring (bicyclic) bond motifs is 2. The van der Waals surface area contributed by atoms with Crippen LogP contribution in [0.2, 0.25) is 0 Å². The van der Waals surface area contributed by atoms with Gasteiger partial charge in [0.15, 0.2) is 0 Å². The van der Waals surface area contributed by atoms with Crippen LogP contribution in [0.3, 0.4) is 0 Å². The monoisotopic (exact) mass is 221 g/mol. The third-order valence-corrected chi connectivity index (χ3v) is 4.18. The van der Waals surface area contributed by atoms with Crippen molar-refractivity contribution in [2.24, 2.45) is 5.41 Å². The average Bonchev–Trinajstić information content (AvgIpc) is 2.29. The van der Waals surface area contributed by atoms with E-state index >= 15 is 0 Å². The van der Waals surface area contributed by atoms with Gasteiger partial charge in [-0.05, 0) is 30.5 Å². The van der Waals surface area contributed by atoms with Gasteiger partial charge in [0.25, 0.3) is 0 Å². The van der Waals surface area contributed by atoms with Crippen molar-refractivity contribution in [3.05, 3.63) is 35.6 Å². The molecule has 2 bridgehead atoms. The number of rotatable bonds is 2. The highest BCUT2D eigenvalue weighted by Gasteiger charge is 2.57. The SMILES string of the molecule is OCC12CNCC(c3ccc(F)cc3)(C1)C2. The zero-order chi connectivity index (χ0) is 11.2. The molecule has 3 fully saturated rings. The Morgan fingerprint density at radius 2 is 1.88 bits per heavy atom. The van der Waals surface area contributed by atoms with Crippen molar-refractivity contribution >= 4 is 0 Å². The summed E-state index contributed by atoms with van der Waals surface area (Å²) in [7, 11) is 0. The fourth-order valence-electron chi connectivity index (χ4n) is 3.48. The zero-order valence-electron chi connectivity index (χ0n) is 9.17. The lowest BCUT2D eigenvalue weighted by Crippen LogP contribution is -2.65. The summed E-state index contributed by atoms with van der Waals surface area (Å²) in [5, 5.41) is 12.8. The Kier molecular flexibility index (Phi) is 2.10. The minimum absolute atomic E-state index is 0.0760. The van der Waals surface area contributed by atoms with Gasteiger partial charge in [0, 0.05) is 30.5 Å². The minimum atomic E-state index is -0.184. The number of piperidine rings is 2. The number of hydrogen-bond donors (Lipinski definition) is 2. The molecule has 4 rings (SSSR count). The quantitative estimate of drug-likeness (QED) is 0.792. The summed E-state index contributed by atoms with van der Waals surface area (Å²) >= 11 is 0. The smallest absolute Gasteiger partial charge is 0.123 e. The van der Waals surface area contributed by atoms with Gasteiger partial charge in [-0.1, -0.05) is 12.1 Å². The summed E-state index contributed by atoms with van der Waals surface area (Å²) in [6.07, 6.45) is 2.05. The molecule has 1 aromatic carbocycles. The number of halogens is 1. The van der Waals surface area contributed by atoms with Gasteiger partial charge in [0.1, 0.15) is 5.82 Å². The van der Waals surface area contributed by atoms with E-state index in [-0.39, 0.29) is 23.3 Å². The molecule has 1 aromatic rings. The third-order valence-electron chi connectivity index (χ3n) is 4.18. The van der Waals surface area contributed by atoms with Crippen LogP contribution in [-0.4, -0.2) is 24.8 Å². The Morgan fingerprint density at radius 3 is 2.50 bits per heavy atom. The summed E-state index contributed by atoms with van der Waals surface area (Å²) in [4.78, 5) is 0. The van der Waals surface area contributed by atoms with Crippen LogP contribution in [0.5, 0.6) is 0 Å². The summed E-state index contributed by atoms with van der Waals surface area (Å²) in [6.45, 7) is 2.11. The topological polar surface area (TPSA) is 32.3 Å².